The zero-order valence-electron chi connectivity index (χ0n) is 16.4. The second-order valence-electron chi connectivity index (χ2n) is 7.20. The lowest BCUT2D eigenvalue weighted by Gasteiger charge is -2.08. The van der Waals surface area contributed by atoms with Gasteiger partial charge in [-0.25, -0.2) is 9.97 Å². The first kappa shape index (κ1) is 19.6. The summed E-state index contributed by atoms with van der Waals surface area (Å²) >= 11 is 1.85. The molecule has 3 aromatic rings. The van der Waals surface area contributed by atoms with Gasteiger partial charge >= 0.3 is 0 Å². The first-order chi connectivity index (χ1) is 14.3. The van der Waals surface area contributed by atoms with E-state index in [0.717, 1.165) is 24.8 Å². The summed E-state index contributed by atoms with van der Waals surface area (Å²) in [6, 6.07) is 13.3. The predicted molar refractivity (Wildman–Crippen MR) is 114 cm³/mol. The highest BCUT2D eigenvalue weighted by Gasteiger charge is 2.15. The van der Waals surface area contributed by atoms with E-state index in [4.69, 9.17) is 9.72 Å². The Kier molecular flexibility index (Phi) is 6.52. The minimum Gasteiger partial charge on any atom is -0.473 e. The maximum Gasteiger partial charge on any atom is 0.251 e. The van der Waals surface area contributed by atoms with Crippen molar-refractivity contribution in [3.63, 3.8) is 0 Å². The summed E-state index contributed by atoms with van der Waals surface area (Å²) in [5, 5.41) is 4.19. The van der Waals surface area contributed by atoms with Gasteiger partial charge in [0.15, 0.2) is 0 Å². The number of nitrogens with one attached hydrogen (secondary N) is 1. The number of carbonyl (C=O) groups excluding carboxylic acids is 1. The van der Waals surface area contributed by atoms with Gasteiger partial charge in [-0.3, -0.25) is 4.79 Å². The molecule has 4 rings (SSSR count). The van der Waals surface area contributed by atoms with Crippen molar-refractivity contribution in [2.45, 2.75) is 45.1 Å². The number of nitrogens with zero attached hydrogens (tertiary/aromatic N) is 2. The van der Waals surface area contributed by atoms with E-state index in [0.29, 0.717) is 24.6 Å². The van der Waals surface area contributed by atoms with Gasteiger partial charge < -0.3 is 10.1 Å². The van der Waals surface area contributed by atoms with Crippen LogP contribution in [0.3, 0.4) is 0 Å². The zero-order chi connectivity index (χ0) is 19.9. The number of ether oxygens (including phenoxy) is 1. The summed E-state index contributed by atoms with van der Waals surface area (Å²) in [5.41, 5.74) is 2.93. The number of benzene rings is 1. The average Bonchev–Trinajstić information content (AvgIpc) is 3.19. The molecule has 1 aliphatic carbocycles. The molecule has 0 saturated heterocycles. The van der Waals surface area contributed by atoms with E-state index in [1.807, 2.05) is 41.7 Å². The fourth-order valence-electron chi connectivity index (χ4n) is 3.42. The van der Waals surface area contributed by atoms with Crippen LogP contribution in [-0.2, 0) is 25.9 Å². The van der Waals surface area contributed by atoms with E-state index in [1.165, 1.54) is 34.8 Å². The quantitative estimate of drug-likeness (QED) is 0.564. The molecule has 0 radical (unpaired) electrons. The van der Waals surface area contributed by atoms with Crippen LogP contribution in [0.25, 0.3) is 0 Å². The van der Waals surface area contributed by atoms with Crippen molar-refractivity contribution in [1.82, 2.24) is 15.3 Å². The van der Waals surface area contributed by atoms with Crippen molar-refractivity contribution in [3.05, 3.63) is 75.4 Å². The number of aryl methyl sites for hydroxylation is 3. The molecule has 1 aromatic carbocycles. The van der Waals surface area contributed by atoms with Gasteiger partial charge in [0.05, 0.1) is 10.7 Å². The standard InChI is InChI=1S/C23H25N3O2S/c27-23(25-13-6-11-22-26-19-9-4-5-10-20(19)29-22)18-12-14-24-21(15-18)28-16-17-7-2-1-3-8-17/h1-3,7-8,12,14-15H,4-6,9-11,13,16H2,(H,25,27). The van der Waals surface area contributed by atoms with Gasteiger partial charge in [0, 0.05) is 35.7 Å². The molecule has 0 aliphatic heterocycles. The normalized spacial score (nSPS) is 13.0. The Morgan fingerprint density at radius 2 is 2.00 bits per heavy atom. The predicted octanol–water partition coefficient (Wildman–Crippen LogP) is 4.36. The Hall–Kier alpha value is -2.73. The van der Waals surface area contributed by atoms with Gasteiger partial charge in [-0.05, 0) is 43.7 Å². The van der Waals surface area contributed by atoms with Crippen LogP contribution in [0, 0.1) is 0 Å². The van der Waals surface area contributed by atoms with E-state index < -0.39 is 0 Å². The molecule has 0 spiro atoms. The molecule has 0 saturated carbocycles. The van der Waals surface area contributed by atoms with Crippen LogP contribution in [0.4, 0.5) is 0 Å². The van der Waals surface area contributed by atoms with Crippen molar-refractivity contribution >= 4 is 17.2 Å². The van der Waals surface area contributed by atoms with Crippen LogP contribution < -0.4 is 10.1 Å². The molecule has 1 aliphatic rings. The smallest absolute Gasteiger partial charge is 0.251 e. The van der Waals surface area contributed by atoms with Crippen LogP contribution in [0.1, 0.15) is 50.8 Å². The van der Waals surface area contributed by atoms with Gasteiger partial charge in [-0.1, -0.05) is 30.3 Å². The van der Waals surface area contributed by atoms with Crippen LogP contribution in [0.5, 0.6) is 5.88 Å². The summed E-state index contributed by atoms with van der Waals surface area (Å²) in [6.45, 7) is 1.06. The van der Waals surface area contributed by atoms with E-state index in [1.54, 1.807) is 18.3 Å². The molecular weight excluding hydrogens is 382 g/mol. The van der Waals surface area contributed by atoms with Crippen LogP contribution in [0.2, 0.25) is 0 Å². The van der Waals surface area contributed by atoms with Crippen molar-refractivity contribution in [1.29, 1.82) is 0 Å². The Bertz CT molecular complexity index is 932. The maximum absolute atomic E-state index is 12.4. The number of pyridine rings is 1. The second-order valence-corrected chi connectivity index (χ2v) is 8.37. The van der Waals surface area contributed by atoms with Gasteiger partial charge in [-0.15, -0.1) is 11.3 Å². The number of thiazole rings is 1. The minimum absolute atomic E-state index is 0.101. The molecule has 29 heavy (non-hydrogen) atoms. The fourth-order valence-corrected chi connectivity index (χ4v) is 4.62. The largest absolute Gasteiger partial charge is 0.473 e. The van der Waals surface area contributed by atoms with Crippen molar-refractivity contribution in [2.75, 3.05) is 6.54 Å². The highest BCUT2D eigenvalue weighted by molar-refractivity contribution is 7.11. The highest BCUT2D eigenvalue weighted by Crippen LogP contribution is 2.27. The number of aromatic nitrogens is 2. The molecule has 0 atom stereocenters. The summed E-state index contributed by atoms with van der Waals surface area (Å²) in [7, 11) is 0. The van der Waals surface area contributed by atoms with Gasteiger partial charge in [0.1, 0.15) is 6.61 Å². The third kappa shape index (κ3) is 5.41. The van der Waals surface area contributed by atoms with E-state index in [2.05, 4.69) is 10.3 Å². The average molecular weight is 408 g/mol. The molecule has 150 valence electrons. The zero-order valence-corrected chi connectivity index (χ0v) is 17.2. The summed E-state index contributed by atoms with van der Waals surface area (Å²) in [5.74, 6) is 0.352. The summed E-state index contributed by atoms with van der Waals surface area (Å²) in [6.07, 6.45) is 8.26. The molecular formula is C23H25N3O2S. The number of carbonyl (C=O) groups is 1. The molecule has 2 aromatic heterocycles. The van der Waals surface area contributed by atoms with Crippen LogP contribution >= 0.6 is 11.3 Å². The number of amides is 1. The minimum atomic E-state index is -0.101. The van der Waals surface area contributed by atoms with Gasteiger partial charge in [-0.2, -0.15) is 0 Å². The van der Waals surface area contributed by atoms with Crippen molar-refractivity contribution in [2.24, 2.45) is 0 Å². The molecule has 0 unspecified atom stereocenters. The fraction of sp³-hybridized carbons (Fsp3) is 0.348. The molecule has 0 fully saturated rings. The number of hydrogen-bond acceptors (Lipinski definition) is 5. The van der Waals surface area contributed by atoms with Crippen LogP contribution in [-0.4, -0.2) is 22.4 Å². The SMILES string of the molecule is O=C(NCCCc1nc2c(s1)CCCC2)c1ccnc(OCc2ccccc2)c1. The van der Waals surface area contributed by atoms with Gasteiger partial charge in [0.25, 0.3) is 5.91 Å². The lowest BCUT2D eigenvalue weighted by Crippen LogP contribution is -2.24. The topological polar surface area (TPSA) is 64.1 Å². The molecule has 6 heteroatoms. The summed E-state index contributed by atoms with van der Waals surface area (Å²) < 4.78 is 5.71. The molecule has 1 N–H and O–H groups in total. The third-order valence-electron chi connectivity index (χ3n) is 4.97. The van der Waals surface area contributed by atoms with E-state index in [-0.39, 0.29) is 5.91 Å². The molecule has 2 heterocycles. The van der Waals surface area contributed by atoms with Crippen LogP contribution in [0.15, 0.2) is 48.7 Å². The molecule has 5 nitrogen and oxygen atoms in total. The van der Waals surface area contributed by atoms with E-state index >= 15 is 0 Å². The lowest BCUT2D eigenvalue weighted by atomic mass is 10.0. The second kappa shape index (κ2) is 9.65. The Labute approximate surface area is 175 Å². The number of rotatable bonds is 8. The highest BCUT2D eigenvalue weighted by atomic mass is 32.1. The lowest BCUT2D eigenvalue weighted by molar-refractivity contribution is 0.0952. The summed E-state index contributed by atoms with van der Waals surface area (Å²) in [4.78, 5) is 22.9. The Balaban J connectivity index is 1.23. The van der Waals surface area contributed by atoms with E-state index in [9.17, 15) is 4.79 Å². The van der Waals surface area contributed by atoms with Crippen molar-refractivity contribution in [3.8, 4) is 5.88 Å². The Morgan fingerprint density at radius 3 is 2.86 bits per heavy atom. The Morgan fingerprint density at radius 1 is 1.14 bits per heavy atom. The van der Waals surface area contributed by atoms with Gasteiger partial charge in [0.2, 0.25) is 5.88 Å². The molecule has 1 amide bonds. The number of fused-ring (bicyclic) bond motifs is 1. The first-order valence-corrected chi connectivity index (χ1v) is 11.0. The molecule has 0 bridgehead atoms. The monoisotopic (exact) mass is 407 g/mol. The first-order valence-electron chi connectivity index (χ1n) is 10.2. The number of hydrogen-bond donors (Lipinski definition) is 1. The van der Waals surface area contributed by atoms with Crippen molar-refractivity contribution < 1.29 is 9.53 Å². The maximum atomic E-state index is 12.4. The third-order valence-corrected chi connectivity index (χ3v) is 6.19.